The van der Waals surface area contributed by atoms with Crippen LogP contribution in [0.15, 0.2) is 140 Å². The summed E-state index contributed by atoms with van der Waals surface area (Å²) in [6.07, 6.45) is 0. The monoisotopic (exact) mass is 698 g/mol. The zero-order chi connectivity index (χ0) is 28.2. The molecule has 0 unspecified atom stereocenters. The molecule has 1 heterocycles. The van der Waals surface area contributed by atoms with Gasteiger partial charge in [-0.1, -0.05) is 0 Å². The van der Waals surface area contributed by atoms with E-state index >= 15 is 0 Å². The molecule has 0 saturated heterocycles. The third-order valence-electron chi connectivity index (χ3n) is 7.61. The van der Waals surface area contributed by atoms with Crippen LogP contribution in [-0.4, -0.2) is 10.9 Å². The van der Waals surface area contributed by atoms with E-state index in [0.717, 1.165) is 36.7 Å². The molecule has 3 nitrogen and oxygen atoms in total. The Labute approximate surface area is 252 Å². The van der Waals surface area contributed by atoms with Crippen molar-refractivity contribution in [2.24, 2.45) is 0 Å². The molecule has 0 saturated carbocycles. The Hall–Kier alpha value is -4.15. The van der Waals surface area contributed by atoms with Gasteiger partial charge in [0.2, 0.25) is 0 Å². The molecule has 6 rings (SSSR count). The van der Waals surface area contributed by atoms with E-state index in [1.807, 2.05) is 44.2 Å². The van der Waals surface area contributed by atoms with E-state index < -0.39 is 22.9 Å². The number of anilines is 1. The third kappa shape index (κ3) is 5.32. The van der Waals surface area contributed by atoms with Gasteiger partial charge in [-0.05, 0) is 0 Å². The molecule has 198 valence electrons. The second kappa shape index (κ2) is 11.8. The first kappa shape index (κ1) is 27.0. The minimum atomic E-state index is -1.83. The Morgan fingerprint density at radius 2 is 1.12 bits per heavy atom. The molecule has 4 heteroatoms. The molecule has 0 aliphatic rings. The Morgan fingerprint density at radius 1 is 0.610 bits per heavy atom. The number of benzene rings is 5. The molecule has 0 aliphatic carbocycles. The van der Waals surface area contributed by atoms with Crippen LogP contribution >= 0.6 is 0 Å². The van der Waals surface area contributed by atoms with E-state index in [2.05, 4.69) is 115 Å². The van der Waals surface area contributed by atoms with Crippen LogP contribution in [0.5, 0.6) is 0 Å². The van der Waals surface area contributed by atoms with E-state index in [1.54, 1.807) is 0 Å². The predicted molar refractivity (Wildman–Crippen MR) is 164 cm³/mol. The molecule has 0 radical (unpaired) electrons. The van der Waals surface area contributed by atoms with Gasteiger partial charge in [0.25, 0.3) is 0 Å². The predicted octanol–water partition coefficient (Wildman–Crippen LogP) is 7.80. The van der Waals surface area contributed by atoms with Gasteiger partial charge in [-0.2, -0.15) is 0 Å². The third-order valence-corrected chi connectivity index (χ3v) is 14.0. The average molecular weight is 697 g/mol. The summed E-state index contributed by atoms with van der Waals surface area (Å²) in [7, 11) is 0. The molecular weight excluding hydrogens is 667 g/mol. The number of rotatable bonds is 7. The minimum absolute atomic E-state index is 0.102. The second-order valence-electron chi connectivity index (χ2n) is 10.3. The Morgan fingerprint density at radius 3 is 1.66 bits per heavy atom. The number of fused-ring (bicyclic) bond motifs is 1. The van der Waals surface area contributed by atoms with Crippen LogP contribution in [0.2, 0.25) is 0 Å². The molecule has 1 N–H and O–H groups in total. The van der Waals surface area contributed by atoms with E-state index in [4.69, 9.17) is 4.98 Å². The van der Waals surface area contributed by atoms with Gasteiger partial charge in [-0.25, -0.2) is 0 Å². The molecule has 0 atom stereocenters. The standard InChI is InChI=1S/C19H15.C18H15N2O.Hf/c1-4-10-16(11-5-1)19(17-12-6-2-7-13-17)18-14-8-3-9-15-18;1-12-6-3-7-13(2)16(12)18(21)20-15-10-4-8-14-9-5-11-19-17(14)15;/h1-15H;3-10H,1-2H3,(H,20,21);. The number of amides is 1. The van der Waals surface area contributed by atoms with Crippen molar-refractivity contribution < 1.29 is 27.7 Å². The van der Waals surface area contributed by atoms with Crippen LogP contribution in [0.3, 0.4) is 0 Å². The Balaban J connectivity index is 1.48. The SMILES string of the molecule is Cc1cccc(C)c1C(=O)Nc1cccc2cc[c]([Hf][C](c3ccccc3)(c3ccccc3)c3ccccc3)nc12. The van der Waals surface area contributed by atoms with Crippen LogP contribution in [0.4, 0.5) is 5.69 Å². The van der Waals surface area contributed by atoms with Crippen molar-refractivity contribution in [1.29, 1.82) is 0 Å². The number of hydrogen-bond acceptors (Lipinski definition) is 2. The van der Waals surface area contributed by atoms with Gasteiger partial charge in [0, 0.05) is 0 Å². The second-order valence-corrected chi connectivity index (χ2v) is 15.7. The zero-order valence-electron chi connectivity index (χ0n) is 23.1. The number of carbonyl (C=O) groups is 1. The molecule has 0 aliphatic heterocycles. The molecule has 0 spiro atoms. The van der Waals surface area contributed by atoms with E-state index in [9.17, 15) is 4.79 Å². The summed E-state index contributed by atoms with van der Waals surface area (Å²) in [6.45, 7) is 3.96. The number of aromatic nitrogens is 1. The van der Waals surface area contributed by atoms with Crippen LogP contribution in [0.1, 0.15) is 38.2 Å². The van der Waals surface area contributed by atoms with Gasteiger partial charge in [0.15, 0.2) is 0 Å². The van der Waals surface area contributed by atoms with Gasteiger partial charge >= 0.3 is 254 Å². The number of para-hydroxylation sites is 1. The van der Waals surface area contributed by atoms with E-state index in [-0.39, 0.29) is 9.08 Å². The van der Waals surface area contributed by atoms with E-state index in [0.29, 0.717) is 0 Å². The molecule has 1 amide bonds. The van der Waals surface area contributed by atoms with Crippen molar-refractivity contribution >= 4 is 25.9 Å². The average Bonchev–Trinajstić information content (AvgIpc) is 3.01. The van der Waals surface area contributed by atoms with Crippen molar-refractivity contribution in [1.82, 2.24) is 4.98 Å². The van der Waals surface area contributed by atoms with Crippen molar-refractivity contribution in [3.05, 3.63) is 173 Å². The summed E-state index contributed by atoms with van der Waals surface area (Å²) in [5.41, 5.74) is 8.09. The normalized spacial score (nSPS) is 11.3. The molecule has 5 aromatic carbocycles. The van der Waals surface area contributed by atoms with Crippen molar-refractivity contribution in [3.8, 4) is 0 Å². The number of aryl methyl sites for hydroxylation is 2. The number of pyridine rings is 1. The molecule has 1 aromatic heterocycles. The fourth-order valence-corrected chi connectivity index (χ4v) is 11.6. The van der Waals surface area contributed by atoms with Crippen LogP contribution in [-0.2, 0) is 26.1 Å². The summed E-state index contributed by atoms with van der Waals surface area (Å²) < 4.78 is 0.879. The Kier molecular flexibility index (Phi) is 7.76. The maximum atomic E-state index is 13.4. The van der Waals surface area contributed by atoms with Gasteiger partial charge < -0.3 is 0 Å². The van der Waals surface area contributed by atoms with Crippen LogP contribution in [0.25, 0.3) is 10.9 Å². The van der Waals surface area contributed by atoms with Gasteiger partial charge in [-0.3, -0.25) is 0 Å². The first-order valence-electron chi connectivity index (χ1n) is 13.8. The molecule has 0 fully saturated rings. The van der Waals surface area contributed by atoms with Crippen molar-refractivity contribution in [2.45, 2.75) is 17.0 Å². The van der Waals surface area contributed by atoms with Gasteiger partial charge in [0.05, 0.1) is 0 Å². The molecule has 6 aromatic rings. The summed E-state index contributed by atoms with van der Waals surface area (Å²) in [5.74, 6) is -0.102. The van der Waals surface area contributed by atoms with Crippen molar-refractivity contribution in [3.63, 3.8) is 0 Å². The first-order chi connectivity index (χ1) is 20.1. The quantitative estimate of drug-likeness (QED) is 0.137. The van der Waals surface area contributed by atoms with Gasteiger partial charge in [-0.15, -0.1) is 0 Å². The Bertz CT molecular complexity index is 1700. The zero-order valence-corrected chi connectivity index (χ0v) is 26.7. The maximum absolute atomic E-state index is 13.4. The fraction of sp³-hybridized carbons (Fsp3) is 0.0811. The van der Waals surface area contributed by atoms with E-state index in [1.165, 1.54) is 16.7 Å². The topological polar surface area (TPSA) is 42.0 Å². The summed E-state index contributed by atoms with van der Waals surface area (Å²) in [6, 6.07) is 48.9. The number of nitrogens with one attached hydrogen (secondary N) is 1. The number of nitrogens with zero attached hydrogens (tertiary/aromatic N) is 1. The number of hydrogen-bond donors (Lipinski definition) is 1. The number of carbonyl (C=O) groups excluding carboxylic acids is 1. The summed E-state index contributed by atoms with van der Waals surface area (Å²) in [5, 5.41) is 4.20. The first-order valence-corrected chi connectivity index (χ1v) is 17.4. The summed E-state index contributed by atoms with van der Waals surface area (Å²) in [4.78, 5) is 18.7. The molecule has 0 bridgehead atoms. The van der Waals surface area contributed by atoms with Crippen LogP contribution < -0.4 is 8.77 Å². The van der Waals surface area contributed by atoms with Gasteiger partial charge in [0.1, 0.15) is 0 Å². The van der Waals surface area contributed by atoms with Crippen molar-refractivity contribution in [2.75, 3.05) is 5.32 Å². The molecular formula is C37H30HfN2O. The molecule has 41 heavy (non-hydrogen) atoms. The fourth-order valence-electron chi connectivity index (χ4n) is 5.65. The summed E-state index contributed by atoms with van der Waals surface area (Å²) >= 11 is -1.83. The van der Waals surface area contributed by atoms with Crippen LogP contribution in [0, 0.1) is 13.8 Å².